The second-order valence-electron chi connectivity index (χ2n) is 5.94. The molecule has 0 atom stereocenters. The van der Waals surface area contributed by atoms with Gasteiger partial charge in [-0.05, 0) is 38.8 Å². The average Bonchev–Trinajstić information content (AvgIpc) is 3.24. The second kappa shape index (κ2) is 7.31. The van der Waals surface area contributed by atoms with Gasteiger partial charge in [0.15, 0.2) is 5.96 Å². The molecule has 0 amide bonds. The molecule has 0 radical (unpaired) electrons. The lowest BCUT2D eigenvalue weighted by Gasteiger charge is -2.09. The third-order valence-corrected chi connectivity index (χ3v) is 3.75. The van der Waals surface area contributed by atoms with Gasteiger partial charge in [-0.1, -0.05) is 17.7 Å². The van der Waals surface area contributed by atoms with E-state index in [0.717, 1.165) is 30.2 Å². The largest absolute Gasteiger partial charge is 0.444 e. The van der Waals surface area contributed by atoms with Crippen molar-refractivity contribution in [2.45, 2.75) is 39.2 Å². The molecule has 5 nitrogen and oxygen atoms in total. The smallest absolute Gasteiger partial charge is 0.226 e. The maximum absolute atomic E-state index is 5.58. The van der Waals surface area contributed by atoms with Crippen molar-refractivity contribution in [2.24, 2.45) is 4.99 Å². The summed E-state index contributed by atoms with van der Waals surface area (Å²) in [7, 11) is 0. The van der Waals surface area contributed by atoms with Crippen molar-refractivity contribution in [3.63, 3.8) is 0 Å². The van der Waals surface area contributed by atoms with Crippen LogP contribution in [-0.4, -0.2) is 30.1 Å². The van der Waals surface area contributed by atoms with Crippen LogP contribution >= 0.6 is 0 Å². The molecular weight excluding hydrogens is 288 g/mol. The zero-order chi connectivity index (χ0) is 16.1. The van der Waals surface area contributed by atoms with Crippen molar-refractivity contribution in [3.8, 4) is 11.5 Å². The van der Waals surface area contributed by atoms with Crippen LogP contribution in [0.25, 0.3) is 11.5 Å². The van der Waals surface area contributed by atoms with Crippen molar-refractivity contribution in [2.75, 3.05) is 13.1 Å². The number of benzene rings is 1. The molecule has 1 fully saturated rings. The van der Waals surface area contributed by atoms with E-state index in [-0.39, 0.29) is 0 Å². The van der Waals surface area contributed by atoms with Crippen LogP contribution in [-0.2, 0) is 6.42 Å². The van der Waals surface area contributed by atoms with Crippen molar-refractivity contribution >= 4 is 5.96 Å². The zero-order valence-electron chi connectivity index (χ0n) is 13.8. The Morgan fingerprint density at radius 1 is 1.30 bits per heavy atom. The predicted octanol–water partition coefficient (Wildman–Crippen LogP) is 2.91. The predicted molar refractivity (Wildman–Crippen MR) is 92.5 cm³/mol. The molecule has 5 heteroatoms. The summed E-state index contributed by atoms with van der Waals surface area (Å²) >= 11 is 0. The molecule has 2 N–H and O–H groups in total. The van der Waals surface area contributed by atoms with Crippen LogP contribution in [0.1, 0.15) is 31.0 Å². The van der Waals surface area contributed by atoms with E-state index in [0.29, 0.717) is 18.5 Å². The highest BCUT2D eigenvalue weighted by atomic mass is 16.3. The monoisotopic (exact) mass is 312 g/mol. The summed E-state index contributed by atoms with van der Waals surface area (Å²) in [6, 6.07) is 8.80. The average molecular weight is 312 g/mol. The van der Waals surface area contributed by atoms with Gasteiger partial charge in [-0.15, -0.1) is 0 Å². The molecule has 3 rings (SSSR count). The summed E-state index contributed by atoms with van der Waals surface area (Å²) in [5.74, 6) is 1.57. The van der Waals surface area contributed by atoms with Gasteiger partial charge in [0.2, 0.25) is 5.89 Å². The van der Waals surface area contributed by atoms with Gasteiger partial charge >= 0.3 is 0 Å². The van der Waals surface area contributed by atoms with Crippen LogP contribution in [0.4, 0.5) is 0 Å². The van der Waals surface area contributed by atoms with Gasteiger partial charge in [-0.3, -0.25) is 4.99 Å². The molecule has 0 bridgehead atoms. The standard InChI is InChI=1S/C18H24N4O/c1-3-19-18(22-15-8-9-15)20-11-10-16-12-23-17(21-16)14-6-4-13(2)5-7-14/h4-7,12,15H,3,8-11H2,1-2H3,(H2,19,20,22). The molecule has 1 aromatic carbocycles. The Kier molecular flexibility index (Phi) is 4.95. The molecule has 1 aliphatic rings. The highest BCUT2D eigenvalue weighted by Gasteiger charge is 2.22. The number of oxazole rings is 1. The summed E-state index contributed by atoms with van der Waals surface area (Å²) in [6.07, 6.45) is 4.99. The van der Waals surface area contributed by atoms with Gasteiger partial charge < -0.3 is 15.1 Å². The summed E-state index contributed by atoms with van der Waals surface area (Å²) in [5, 5.41) is 6.68. The third kappa shape index (κ3) is 4.58. The number of aliphatic imine (C=N–C) groups is 1. The number of nitrogens with one attached hydrogen (secondary N) is 2. The normalized spacial score (nSPS) is 14.8. The van der Waals surface area contributed by atoms with Crippen LogP contribution in [0.15, 0.2) is 39.9 Å². The Morgan fingerprint density at radius 2 is 2.09 bits per heavy atom. The van der Waals surface area contributed by atoms with E-state index in [2.05, 4.69) is 46.6 Å². The van der Waals surface area contributed by atoms with Crippen LogP contribution < -0.4 is 10.6 Å². The maximum Gasteiger partial charge on any atom is 0.226 e. The molecule has 0 unspecified atom stereocenters. The van der Waals surface area contributed by atoms with E-state index in [9.17, 15) is 0 Å². The fraction of sp³-hybridized carbons (Fsp3) is 0.444. The topological polar surface area (TPSA) is 62.5 Å². The van der Waals surface area contributed by atoms with Gasteiger partial charge in [0, 0.05) is 31.1 Å². The molecule has 0 aliphatic heterocycles. The van der Waals surface area contributed by atoms with Crippen molar-refractivity contribution < 1.29 is 4.42 Å². The maximum atomic E-state index is 5.58. The second-order valence-corrected chi connectivity index (χ2v) is 5.94. The van der Waals surface area contributed by atoms with Crippen LogP contribution in [0.2, 0.25) is 0 Å². The van der Waals surface area contributed by atoms with E-state index in [1.807, 2.05) is 12.1 Å². The Morgan fingerprint density at radius 3 is 2.78 bits per heavy atom. The summed E-state index contributed by atoms with van der Waals surface area (Å²) in [6.45, 7) is 5.72. The Labute approximate surface area is 137 Å². The number of aromatic nitrogens is 1. The lowest BCUT2D eigenvalue weighted by molar-refractivity contribution is 0.572. The molecule has 2 aromatic rings. The summed E-state index contributed by atoms with van der Waals surface area (Å²) < 4.78 is 5.58. The minimum Gasteiger partial charge on any atom is -0.444 e. The molecule has 1 aliphatic carbocycles. The third-order valence-electron chi connectivity index (χ3n) is 3.75. The first-order valence-corrected chi connectivity index (χ1v) is 8.31. The number of aryl methyl sites for hydroxylation is 1. The number of hydrogen-bond acceptors (Lipinski definition) is 3. The van der Waals surface area contributed by atoms with Crippen molar-refractivity contribution in [1.82, 2.24) is 15.6 Å². The summed E-state index contributed by atoms with van der Waals surface area (Å²) in [4.78, 5) is 9.14. The van der Waals surface area contributed by atoms with Gasteiger partial charge in [-0.25, -0.2) is 4.98 Å². The molecule has 1 aromatic heterocycles. The van der Waals surface area contributed by atoms with Gasteiger partial charge in [0.05, 0.1) is 5.69 Å². The number of guanidine groups is 1. The minimum absolute atomic E-state index is 0.605. The highest BCUT2D eigenvalue weighted by molar-refractivity contribution is 5.80. The number of nitrogens with zero attached hydrogens (tertiary/aromatic N) is 2. The molecule has 23 heavy (non-hydrogen) atoms. The fourth-order valence-corrected chi connectivity index (χ4v) is 2.27. The van der Waals surface area contributed by atoms with E-state index in [4.69, 9.17) is 4.42 Å². The quantitative estimate of drug-likeness (QED) is 0.636. The van der Waals surface area contributed by atoms with E-state index in [1.54, 1.807) is 6.26 Å². The first-order valence-electron chi connectivity index (χ1n) is 8.31. The first-order chi connectivity index (χ1) is 11.2. The van der Waals surface area contributed by atoms with Crippen molar-refractivity contribution in [3.05, 3.63) is 41.8 Å². The molecule has 0 saturated heterocycles. The minimum atomic E-state index is 0.605. The zero-order valence-corrected chi connectivity index (χ0v) is 13.8. The fourth-order valence-electron chi connectivity index (χ4n) is 2.27. The van der Waals surface area contributed by atoms with E-state index >= 15 is 0 Å². The van der Waals surface area contributed by atoms with Crippen LogP contribution in [0.3, 0.4) is 0 Å². The van der Waals surface area contributed by atoms with Crippen LogP contribution in [0, 0.1) is 6.92 Å². The van der Waals surface area contributed by atoms with E-state index < -0.39 is 0 Å². The molecule has 1 saturated carbocycles. The molecule has 122 valence electrons. The number of rotatable bonds is 6. The molecule has 0 spiro atoms. The van der Waals surface area contributed by atoms with Gasteiger partial charge in [0.25, 0.3) is 0 Å². The Balaban J connectivity index is 1.56. The highest BCUT2D eigenvalue weighted by Crippen LogP contribution is 2.19. The SMILES string of the molecule is CCNC(=NCCc1coc(-c2ccc(C)cc2)n1)NC1CC1. The molecule has 1 heterocycles. The number of hydrogen-bond donors (Lipinski definition) is 2. The Bertz CT molecular complexity index is 656. The van der Waals surface area contributed by atoms with Crippen molar-refractivity contribution in [1.29, 1.82) is 0 Å². The van der Waals surface area contributed by atoms with Crippen LogP contribution in [0.5, 0.6) is 0 Å². The molecular formula is C18H24N4O. The van der Waals surface area contributed by atoms with Gasteiger partial charge in [-0.2, -0.15) is 0 Å². The first kappa shape index (κ1) is 15.6. The lowest BCUT2D eigenvalue weighted by atomic mass is 10.1. The van der Waals surface area contributed by atoms with Gasteiger partial charge in [0.1, 0.15) is 6.26 Å². The lowest BCUT2D eigenvalue weighted by Crippen LogP contribution is -2.38. The summed E-state index contributed by atoms with van der Waals surface area (Å²) in [5.41, 5.74) is 3.18. The Hall–Kier alpha value is -2.30. The van der Waals surface area contributed by atoms with E-state index in [1.165, 1.54) is 18.4 Å².